The van der Waals surface area contributed by atoms with E-state index in [0.717, 1.165) is 31.8 Å². The molecule has 0 aromatic carbocycles. The van der Waals surface area contributed by atoms with Crippen molar-refractivity contribution in [1.29, 1.82) is 0 Å². The Labute approximate surface area is 107 Å². The monoisotopic (exact) mass is 251 g/mol. The van der Waals surface area contributed by atoms with E-state index in [1.165, 1.54) is 12.8 Å². The lowest BCUT2D eigenvalue weighted by Crippen LogP contribution is -2.39. The van der Waals surface area contributed by atoms with Crippen molar-refractivity contribution in [2.75, 3.05) is 13.1 Å². The van der Waals surface area contributed by atoms with Crippen molar-refractivity contribution >= 4 is 5.97 Å². The first-order chi connectivity index (χ1) is 8.66. The number of imidazole rings is 1. The zero-order valence-electron chi connectivity index (χ0n) is 10.9. The van der Waals surface area contributed by atoms with Gasteiger partial charge in [-0.2, -0.15) is 0 Å². The first-order valence-corrected chi connectivity index (χ1v) is 6.60. The molecule has 0 aliphatic heterocycles. The van der Waals surface area contributed by atoms with Gasteiger partial charge in [0, 0.05) is 31.5 Å². The van der Waals surface area contributed by atoms with E-state index >= 15 is 0 Å². The highest BCUT2D eigenvalue weighted by Gasteiger charge is 2.23. The number of carboxylic acids is 1. The fourth-order valence-corrected chi connectivity index (χ4v) is 2.71. The van der Waals surface area contributed by atoms with Crippen LogP contribution in [0.3, 0.4) is 0 Å². The van der Waals surface area contributed by atoms with Gasteiger partial charge in [0.2, 0.25) is 0 Å². The van der Waals surface area contributed by atoms with Gasteiger partial charge in [0.05, 0.1) is 6.54 Å². The molecule has 1 saturated carbocycles. The summed E-state index contributed by atoms with van der Waals surface area (Å²) in [6.45, 7) is 3.72. The lowest BCUT2D eigenvalue weighted by molar-refractivity contribution is -0.139. The molecule has 0 unspecified atom stereocenters. The second-order valence-corrected chi connectivity index (χ2v) is 4.97. The fourth-order valence-electron chi connectivity index (χ4n) is 2.71. The van der Waals surface area contributed by atoms with Gasteiger partial charge in [-0.05, 0) is 19.8 Å². The Morgan fingerprint density at radius 2 is 2.28 bits per heavy atom. The molecule has 1 aromatic rings. The maximum Gasteiger partial charge on any atom is 0.317 e. The highest BCUT2D eigenvalue weighted by Crippen LogP contribution is 2.23. The van der Waals surface area contributed by atoms with E-state index in [0.29, 0.717) is 6.04 Å². The summed E-state index contributed by atoms with van der Waals surface area (Å²) in [7, 11) is 0. The van der Waals surface area contributed by atoms with E-state index in [2.05, 4.69) is 14.5 Å². The number of hydrogen-bond acceptors (Lipinski definition) is 3. The van der Waals surface area contributed by atoms with Crippen molar-refractivity contribution in [2.45, 2.75) is 45.2 Å². The van der Waals surface area contributed by atoms with E-state index in [9.17, 15) is 4.79 Å². The first kappa shape index (κ1) is 13.1. The van der Waals surface area contributed by atoms with Crippen molar-refractivity contribution < 1.29 is 9.90 Å². The van der Waals surface area contributed by atoms with Gasteiger partial charge in [-0.1, -0.05) is 12.8 Å². The highest BCUT2D eigenvalue weighted by molar-refractivity contribution is 5.69. The van der Waals surface area contributed by atoms with Crippen LogP contribution in [0.25, 0.3) is 0 Å². The van der Waals surface area contributed by atoms with Crippen LogP contribution in [0.4, 0.5) is 0 Å². The van der Waals surface area contributed by atoms with Crippen molar-refractivity contribution in [3.63, 3.8) is 0 Å². The Hall–Kier alpha value is -1.36. The summed E-state index contributed by atoms with van der Waals surface area (Å²) in [4.78, 5) is 17.2. The number of aryl methyl sites for hydroxylation is 1. The SMILES string of the molecule is Cc1nccn1CCN(CC(=O)O)C1CCCC1. The average molecular weight is 251 g/mol. The second-order valence-electron chi connectivity index (χ2n) is 4.97. The largest absolute Gasteiger partial charge is 0.480 e. The zero-order valence-corrected chi connectivity index (χ0v) is 10.9. The number of nitrogens with zero attached hydrogens (tertiary/aromatic N) is 3. The molecule has 0 radical (unpaired) electrons. The highest BCUT2D eigenvalue weighted by atomic mass is 16.4. The van der Waals surface area contributed by atoms with Crippen molar-refractivity contribution in [2.24, 2.45) is 0 Å². The molecule has 0 bridgehead atoms. The van der Waals surface area contributed by atoms with E-state index in [1.54, 1.807) is 6.20 Å². The van der Waals surface area contributed by atoms with E-state index < -0.39 is 5.97 Å². The number of rotatable bonds is 6. The van der Waals surface area contributed by atoms with Gasteiger partial charge >= 0.3 is 5.97 Å². The molecular weight excluding hydrogens is 230 g/mol. The topological polar surface area (TPSA) is 58.4 Å². The summed E-state index contributed by atoms with van der Waals surface area (Å²) >= 11 is 0. The molecule has 5 heteroatoms. The number of hydrogen-bond donors (Lipinski definition) is 1. The van der Waals surface area contributed by atoms with Gasteiger partial charge in [-0.25, -0.2) is 4.98 Å². The smallest absolute Gasteiger partial charge is 0.317 e. The minimum Gasteiger partial charge on any atom is -0.480 e. The van der Waals surface area contributed by atoms with E-state index in [-0.39, 0.29) is 6.54 Å². The molecule has 18 heavy (non-hydrogen) atoms. The van der Waals surface area contributed by atoms with Gasteiger partial charge in [0.1, 0.15) is 5.82 Å². The lowest BCUT2D eigenvalue weighted by atomic mass is 10.2. The molecule has 1 N–H and O–H groups in total. The summed E-state index contributed by atoms with van der Waals surface area (Å²) in [6, 6.07) is 0.449. The Balaban J connectivity index is 1.92. The van der Waals surface area contributed by atoms with Crippen LogP contribution in [0.15, 0.2) is 12.4 Å². The normalized spacial score (nSPS) is 16.6. The Morgan fingerprint density at radius 3 is 2.83 bits per heavy atom. The summed E-state index contributed by atoms with van der Waals surface area (Å²) < 4.78 is 2.07. The molecule has 5 nitrogen and oxygen atoms in total. The maximum absolute atomic E-state index is 10.9. The molecule has 0 atom stereocenters. The fraction of sp³-hybridized carbons (Fsp3) is 0.692. The lowest BCUT2D eigenvalue weighted by Gasteiger charge is -2.27. The van der Waals surface area contributed by atoms with E-state index in [4.69, 9.17) is 5.11 Å². The molecule has 0 spiro atoms. The third-order valence-corrected chi connectivity index (χ3v) is 3.73. The molecule has 0 saturated heterocycles. The number of aliphatic carboxylic acids is 1. The van der Waals surface area contributed by atoms with Gasteiger partial charge < -0.3 is 9.67 Å². The Morgan fingerprint density at radius 1 is 1.56 bits per heavy atom. The van der Waals surface area contributed by atoms with E-state index in [1.807, 2.05) is 13.1 Å². The summed E-state index contributed by atoms with van der Waals surface area (Å²) in [5, 5.41) is 9.00. The van der Waals surface area contributed by atoms with Crippen LogP contribution in [0.5, 0.6) is 0 Å². The minimum atomic E-state index is -0.732. The van der Waals surface area contributed by atoms with Gasteiger partial charge in [-0.15, -0.1) is 0 Å². The third-order valence-electron chi connectivity index (χ3n) is 3.73. The van der Waals surface area contributed by atoms with Crippen molar-refractivity contribution in [1.82, 2.24) is 14.5 Å². The molecule has 1 aliphatic carbocycles. The molecule has 1 heterocycles. The molecule has 0 amide bonds. The predicted molar refractivity (Wildman–Crippen MR) is 68.4 cm³/mol. The minimum absolute atomic E-state index is 0.151. The van der Waals surface area contributed by atoms with Gasteiger partial charge in [0.15, 0.2) is 0 Å². The molecular formula is C13H21N3O2. The Kier molecular flexibility index (Phi) is 4.36. The predicted octanol–water partition coefficient (Wildman–Crippen LogP) is 1.52. The molecule has 1 aromatic heterocycles. The van der Waals surface area contributed by atoms with Gasteiger partial charge in [-0.3, -0.25) is 9.69 Å². The number of carbonyl (C=O) groups is 1. The molecule has 1 aliphatic rings. The summed E-state index contributed by atoms with van der Waals surface area (Å²) in [6.07, 6.45) is 8.46. The quantitative estimate of drug-likeness (QED) is 0.833. The standard InChI is InChI=1S/C13H21N3O2/c1-11-14-6-7-15(11)8-9-16(10-13(17)18)12-4-2-3-5-12/h6-7,12H,2-5,8-10H2,1H3,(H,17,18). The number of aromatic nitrogens is 2. The molecule has 2 rings (SSSR count). The van der Waals surface area contributed by atoms with Crippen LogP contribution in [-0.2, 0) is 11.3 Å². The van der Waals surface area contributed by atoms with Crippen molar-refractivity contribution in [3.8, 4) is 0 Å². The van der Waals surface area contributed by atoms with Crippen LogP contribution in [0, 0.1) is 6.92 Å². The summed E-state index contributed by atoms with van der Waals surface area (Å²) in [5.74, 6) is 0.251. The van der Waals surface area contributed by atoms with Crippen LogP contribution in [0.2, 0.25) is 0 Å². The van der Waals surface area contributed by atoms with Crippen LogP contribution < -0.4 is 0 Å². The average Bonchev–Trinajstić information content (AvgIpc) is 2.95. The third kappa shape index (κ3) is 3.32. The first-order valence-electron chi connectivity index (χ1n) is 6.60. The van der Waals surface area contributed by atoms with Crippen LogP contribution in [0.1, 0.15) is 31.5 Å². The summed E-state index contributed by atoms with van der Waals surface area (Å²) in [5.41, 5.74) is 0. The Bertz CT molecular complexity index is 397. The number of carboxylic acid groups (broad SMARTS) is 1. The van der Waals surface area contributed by atoms with Crippen LogP contribution in [-0.4, -0.2) is 44.7 Å². The second kappa shape index (κ2) is 6.00. The zero-order chi connectivity index (χ0) is 13.0. The van der Waals surface area contributed by atoms with Crippen molar-refractivity contribution in [3.05, 3.63) is 18.2 Å². The molecule has 1 fully saturated rings. The molecule has 100 valence electrons. The maximum atomic E-state index is 10.9. The van der Waals surface area contributed by atoms with Gasteiger partial charge in [0.25, 0.3) is 0 Å². The van der Waals surface area contributed by atoms with Crippen LogP contribution >= 0.6 is 0 Å².